The number of non-ortho nitro benzene ring substituents is 1. The second kappa shape index (κ2) is 9.19. The summed E-state index contributed by atoms with van der Waals surface area (Å²) in [5, 5.41) is 13.4. The van der Waals surface area contributed by atoms with E-state index in [4.69, 9.17) is 0 Å². The maximum absolute atomic E-state index is 12.7. The summed E-state index contributed by atoms with van der Waals surface area (Å²) >= 11 is 1.37. The Morgan fingerprint density at radius 2 is 1.64 bits per heavy atom. The van der Waals surface area contributed by atoms with Gasteiger partial charge in [-0.3, -0.25) is 14.9 Å². The third-order valence-corrected chi connectivity index (χ3v) is 5.35. The molecule has 3 rings (SSSR count). The second-order valence-electron chi connectivity index (χ2n) is 6.32. The van der Waals surface area contributed by atoms with Crippen molar-refractivity contribution in [3.63, 3.8) is 0 Å². The molecule has 0 aliphatic rings. The van der Waals surface area contributed by atoms with Crippen LogP contribution in [-0.4, -0.2) is 16.1 Å². The topological polar surface area (TPSA) is 72.2 Å². The van der Waals surface area contributed by atoms with Crippen molar-refractivity contribution < 1.29 is 9.72 Å². The number of benzene rings is 3. The average Bonchev–Trinajstić information content (AvgIpc) is 2.70. The number of carbonyl (C=O) groups excluding carboxylic acids is 1. The molecule has 0 saturated heterocycles. The van der Waals surface area contributed by atoms with Crippen LogP contribution < -0.4 is 5.32 Å². The van der Waals surface area contributed by atoms with Crippen LogP contribution in [0.2, 0.25) is 0 Å². The van der Waals surface area contributed by atoms with Crippen LogP contribution in [0.1, 0.15) is 18.1 Å². The minimum Gasteiger partial charge on any atom is -0.325 e. The molecule has 28 heavy (non-hydrogen) atoms. The van der Waals surface area contributed by atoms with Crippen molar-refractivity contribution in [1.82, 2.24) is 0 Å². The van der Waals surface area contributed by atoms with Crippen molar-refractivity contribution >= 4 is 29.0 Å². The Morgan fingerprint density at radius 1 is 1.00 bits per heavy atom. The van der Waals surface area contributed by atoms with Gasteiger partial charge in [0, 0.05) is 22.7 Å². The van der Waals surface area contributed by atoms with Gasteiger partial charge in [-0.15, -0.1) is 11.8 Å². The minimum atomic E-state index is -0.436. The lowest BCUT2D eigenvalue weighted by molar-refractivity contribution is -0.384. The van der Waals surface area contributed by atoms with Crippen LogP contribution in [0.25, 0.3) is 0 Å². The summed E-state index contributed by atoms with van der Waals surface area (Å²) in [4.78, 5) is 23.8. The van der Waals surface area contributed by atoms with E-state index in [0.29, 0.717) is 0 Å². The number of carbonyl (C=O) groups is 1. The molecule has 0 heterocycles. The maximum atomic E-state index is 12.7. The van der Waals surface area contributed by atoms with E-state index in [1.807, 2.05) is 49.4 Å². The molecular weight excluding hydrogens is 372 g/mol. The number of nitrogens with one attached hydrogen (secondary N) is 1. The molecule has 0 unspecified atom stereocenters. The van der Waals surface area contributed by atoms with E-state index < -0.39 is 4.92 Å². The number of nitro groups is 1. The smallest absolute Gasteiger partial charge is 0.269 e. The van der Waals surface area contributed by atoms with Gasteiger partial charge in [0.25, 0.3) is 5.69 Å². The number of hydrogen-bond donors (Lipinski definition) is 1. The Balaban J connectivity index is 1.66. The van der Waals surface area contributed by atoms with Crippen LogP contribution in [0.3, 0.4) is 0 Å². The maximum Gasteiger partial charge on any atom is 0.269 e. The fourth-order valence-corrected chi connectivity index (χ4v) is 3.62. The van der Waals surface area contributed by atoms with Crippen LogP contribution in [0, 0.1) is 10.1 Å². The fourth-order valence-electron chi connectivity index (χ4n) is 2.75. The predicted molar refractivity (Wildman–Crippen MR) is 113 cm³/mol. The first kappa shape index (κ1) is 19.6. The molecule has 0 aromatic heterocycles. The van der Waals surface area contributed by atoms with Crippen molar-refractivity contribution in [3.05, 3.63) is 100 Å². The summed E-state index contributed by atoms with van der Waals surface area (Å²) < 4.78 is 0. The molecule has 0 aliphatic carbocycles. The highest BCUT2D eigenvalue weighted by molar-refractivity contribution is 8.00. The van der Waals surface area contributed by atoms with Crippen LogP contribution >= 0.6 is 11.8 Å². The molecule has 0 spiro atoms. The van der Waals surface area contributed by atoms with Gasteiger partial charge in [0.15, 0.2) is 0 Å². The zero-order chi connectivity index (χ0) is 19.9. The minimum absolute atomic E-state index is 0.0382. The van der Waals surface area contributed by atoms with Gasteiger partial charge >= 0.3 is 0 Å². The predicted octanol–water partition coefficient (Wildman–Crippen LogP) is 5.30. The summed E-state index contributed by atoms with van der Waals surface area (Å²) in [5.41, 5.74) is 3.07. The van der Waals surface area contributed by atoms with E-state index in [1.54, 1.807) is 12.1 Å². The van der Waals surface area contributed by atoms with E-state index >= 15 is 0 Å². The van der Waals surface area contributed by atoms with Crippen LogP contribution in [-0.2, 0) is 11.2 Å². The van der Waals surface area contributed by atoms with Crippen molar-refractivity contribution in [2.75, 3.05) is 5.32 Å². The Bertz CT molecular complexity index is 959. The summed E-state index contributed by atoms with van der Waals surface area (Å²) in [6.45, 7) is 1.82. The Morgan fingerprint density at radius 3 is 2.32 bits per heavy atom. The fraction of sp³-hybridized carbons (Fsp3) is 0.136. The monoisotopic (exact) mass is 392 g/mol. The molecule has 5 nitrogen and oxygen atoms in total. The highest BCUT2D eigenvalue weighted by Crippen LogP contribution is 2.27. The van der Waals surface area contributed by atoms with Gasteiger partial charge in [0.1, 0.15) is 0 Å². The molecule has 6 heteroatoms. The molecule has 0 radical (unpaired) electrons. The lowest BCUT2D eigenvalue weighted by atomic mass is 10.0. The van der Waals surface area contributed by atoms with Crippen molar-refractivity contribution in [2.45, 2.75) is 23.5 Å². The first-order valence-electron chi connectivity index (χ1n) is 8.87. The Labute approximate surface area is 167 Å². The summed E-state index contributed by atoms with van der Waals surface area (Å²) in [6, 6.07) is 24.1. The van der Waals surface area contributed by atoms with Gasteiger partial charge in [-0.25, -0.2) is 0 Å². The van der Waals surface area contributed by atoms with E-state index in [2.05, 4.69) is 17.4 Å². The van der Waals surface area contributed by atoms with E-state index in [-0.39, 0.29) is 16.8 Å². The molecule has 3 aromatic rings. The van der Waals surface area contributed by atoms with Gasteiger partial charge in [-0.2, -0.15) is 0 Å². The van der Waals surface area contributed by atoms with Crippen molar-refractivity contribution in [3.8, 4) is 0 Å². The largest absolute Gasteiger partial charge is 0.325 e. The highest BCUT2D eigenvalue weighted by Gasteiger charge is 2.16. The van der Waals surface area contributed by atoms with E-state index in [9.17, 15) is 14.9 Å². The van der Waals surface area contributed by atoms with Gasteiger partial charge in [0.2, 0.25) is 5.91 Å². The highest BCUT2D eigenvalue weighted by atomic mass is 32.2. The first-order valence-corrected chi connectivity index (χ1v) is 9.74. The van der Waals surface area contributed by atoms with Gasteiger partial charge in [0.05, 0.1) is 10.2 Å². The number of hydrogen-bond acceptors (Lipinski definition) is 4. The van der Waals surface area contributed by atoms with Crippen molar-refractivity contribution in [1.29, 1.82) is 0 Å². The molecule has 0 fully saturated rings. The molecule has 1 amide bonds. The SMILES string of the molecule is C[C@H](Sc1ccc([N+](=O)[O-])cc1)C(=O)Nc1ccccc1Cc1ccccc1. The molecule has 0 bridgehead atoms. The molecule has 0 saturated carbocycles. The van der Waals surface area contributed by atoms with Crippen molar-refractivity contribution in [2.24, 2.45) is 0 Å². The van der Waals surface area contributed by atoms with Crippen LogP contribution in [0.5, 0.6) is 0 Å². The molecule has 0 aliphatic heterocycles. The second-order valence-corrected chi connectivity index (χ2v) is 7.73. The lowest BCUT2D eigenvalue weighted by Crippen LogP contribution is -2.23. The van der Waals surface area contributed by atoms with Gasteiger partial charge in [-0.05, 0) is 42.7 Å². The molecule has 1 atom stereocenters. The van der Waals surface area contributed by atoms with Crippen LogP contribution in [0.15, 0.2) is 83.8 Å². The summed E-state index contributed by atoms with van der Waals surface area (Å²) in [7, 11) is 0. The Hall–Kier alpha value is -3.12. The third-order valence-electron chi connectivity index (χ3n) is 4.24. The van der Waals surface area contributed by atoms with E-state index in [0.717, 1.165) is 22.6 Å². The number of nitrogens with zero attached hydrogens (tertiary/aromatic N) is 1. The normalized spacial score (nSPS) is 11.6. The summed E-state index contributed by atoms with van der Waals surface area (Å²) in [6.07, 6.45) is 0.737. The molecule has 3 aromatic carbocycles. The zero-order valence-corrected chi connectivity index (χ0v) is 16.2. The number of para-hydroxylation sites is 1. The molecule has 142 valence electrons. The number of nitro benzene ring substituents is 1. The number of anilines is 1. The van der Waals surface area contributed by atoms with Gasteiger partial charge < -0.3 is 5.32 Å². The summed E-state index contributed by atoms with van der Waals surface area (Å²) in [5.74, 6) is -0.108. The number of thioether (sulfide) groups is 1. The number of amides is 1. The van der Waals surface area contributed by atoms with Gasteiger partial charge in [-0.1, -0.05) is 48.5 Å². The molecule has 1 N–H and O–H groups in total. The Kier molecular flexibility index (Phi) is 6.45. The van der Waals surface area contributed by atoms with Crippen LogP contribution in [0.4, 0.5) is 11.4 Å². The quantitative estimate of drug-likeness (QED) is 0.336. The number of rotatable bonds is 7. The standard InChI is InChI=1S/C22H20N2O3S/c1-16(28-20-13-11-19(12-14-20)24(26)27)22(25)23-21-10-6-5-9-18(21)15-17-7-3-2-4-8-17/h2-14,16H,15H2,1H3,(H,23,25)/t16-/m0/s1. The van der Waals surface area contributed by atoms with E-state index in [1.165, 1.54) is 29.5 Å². The average molecular weight is 392 g/mol. The first-order chi connectivity index (χ1) is 13.5. The molecular formula is C22H20N2O3S. The lowest BCUT2D eigenvalue weighted by Gasteiger charge is -2.15. The third kappa shape index (κ3) is 5.20. The zero-order valence-electron chi connectivity index (χ0n) is 15.4.